The number of alkyl halides is 17. The zero-order chi connectivity index (χ0) is 25.0. The number of hydrogen-bond donors (Lipinski definition) is 1. The van der Waals surface area contributed by atoms with Gasteiger partial charge in [-0.25, -0.2) is 0 Å². The molecule has 0 saturated carbocycles. The molecule has 0 aliphatic carbocycles. The minimum atomic E-state index is -8.64. The molecule has 0 rings (SSSR count). The normalized spacial score (nSPS) is 16.8. The lowest BCUT2D eigenvalue weighted by atomic mass is 9.89. The molecule has 180 valence electrons. The molecular formula is C11H4F17IO. The molecule has 0 radical (unpaired) electrons. The molecule has 0 aliphatic rings. The Morgan fingerprint density at radius 1 is 0.533 bits per heavy atom. The van der Waals surface area contributed by atoms with E-state index in [2.05, 4.69) is 0 Å². The summed E-state index contributed by atoms with van der Waals surface area (Å²) in [5, 5.41) is 8.33. The zero-order valence-corrected chi connectivity index (χ0v) is 15.2. The Hall–Kier alpha value is -0.760. The molecule has 1 nitrogen and oxygen atoms in total. The smallest absolute Gasteiger partial charge is 0.391 e. The number of allylic oxidation sites excluding steroid dienone is 1. The second kappa shape index (κ2) is 7.68. The summed E-state index contributed by atoms with van der Waals surface area (Å²) >= 11 is 0.541. The monoisotopic (exact) mass is 602 g/mol. The molecule has 19 heteroatoms. The number of rotatable bonds is 8. The van der Waals surface area contributed by atoms with Gasteiger partial charge in [-0.2, -0.15) is 74.6 Å². The van der Waals surface area contributed by atoms with E-state index in [1.165, 1.54) is 0 Å². The molecular weight excluding hydrogens is 598 g/mol. The Morgan fingerprint density at radius 2 is 0.800 bits per heavy atom. The Kier molecular flexibility index (Phi) is 7.48. The summed E-state index contributed by atoms with van der Waals surface area (Å²) in [7, 11) is 0. The van der Waals surface area contributed by atoms with E-state index in [0.717, 1.165) is 0 Å². The fourth-order valence-corrected chi connectivity index (χ4v) is 1.90. The SMILES string of the molecule is OCC(I)=CC(F)(F)C(F)(F)C(F)(F)C(F)(F)C(F)(F)C(F)(F)C(F)(F)C(F)(F)F. The predicted molar refractivity (Wildman–Crippen MR) is 69.9 cm³/mol. The molecule has 0 spiro atoms. The van der Waals surface area contributed by atoms with Gasteiger partial charge in [0, 0.05) is 9.66 Å². The van der Waals surface area contributed by atoms with Crippen LogP contribution in [0.4, 0.5) is 74.6 Å². The van der Waals surface area contributed by atoms with Crippen molar-refractivity contribution in [1.82, 2.24) is 0 Å². The summed E-state index contributed by atoms with van der Waals surface area (Å²) in [4.78, 5) is 0. The van der Waals surface area contributed by atoms with Crippen LogP contribution in [0.15, 0.2) is 9.66 Å². The van der Waals surface area contributed by atoms with Gasteiger partial charge in [-0.05, 0) is 22.6 Å². The largest absolute Gasteiger partial charge is 0.460 e. The predicted octanol–water partition coefficient (Wildman–Crippen LogP) is 6.31. The van der Waals surface area contributed by atoms with Gasteiger partial charge in [-0.15, -0.1) is 0 Å². The van der Waals surface area contributed by atoms with Gasteiger partial charge in [0.15, 0.2) is 0 Å². The number of hydrogen-bond acceptors (Lipinski definition) is 1. The molecule has 0 aromatic carbocycles. The van der Waals surface area contributed by atoms with Crippen LogP contribution in [-0.2, 0) is 0 Å². The average Bonchev–Trinajstić information content (AvgIpc) is 2.51. The van der Waals surface area contributed by atoms with Crippen molar-refractivity contribution in [2.75, 3.05) is 6.61 Å². The maximum atomic E-state index is 13.3. The summed E-state index contributed by atoms with van der Waals surface area (Å²) in [6.07, 6.45) is -9.16. The van der Waals surface area contributed by atoms with Crippen LogP contribution in [0.2, 0.25) is 0 Å². The van der Waals surface area contributed by atoms with Crippen molar-refractivity contribution in [3.8, 4) is 0 Å². The molecule has 0 heterocycles. The third kappa shape index (κ3) is 3.91. The molecule has 0 aliphatic heterocycles. The van der Waals surface area contributed by atoms with Crippen molar-refractivity contribution in [3.63, 3.8) is 0 Å². The van der Waals surface area contributed by atoms with Crippen molar-refractivity contribution >= 4 is 22.6 Å². The Labute approximate surface area is 167 Å². The summed E-state index contributed by atoms with van der Waals surface area (Å²) in [5.74, 6) is -56.6. The van der Waals surface area contributed by atoms with E-state index in [0.29, 0.717) is 22.6 Å². The Morgan fingerprint density at radius 3 is 1.07 bits per heavy atom. The summed E-state index contributed by atoms with van der Waals surface area (Å²) in [6, 6.07) is 0. The minimum Gasteiger partial charge on any atom is -0.391 e. The Balaban J connectivity index is 6.77. The maximum Gasteiger partial charge on any atom is 0.460 e. The third-order valence-electron chi connectivity index (χ3n) is 3.24. The van der Waals surface area contributed by atoms with Crippen LogP contribution in [0.25, 0.3) is 0 Å². The number of halogens is 18. The van der Waals surface area contributed by atoms with Crippen LogP contribution >= 0.6 is 22.6 Å². The van der Waals surface area contributed by atoms with E-state index in [9.17, 15) is 74.6 Å². The van der Waals surface area contributed by atoms with Crippen LogP contribution in [0.3, 0.4) is 0 Å². The van der Waals surface area contributed by atoms with E-state index >= 15 is 0 Å². The summed E-state index contributed by atoms with van der Waals surface area (Å²) in [6.45, 7) is -1.62. The molecule has 0 amide bonds. The van der Waals surface area contributed by atoms with Gasteiger partial charge in [0.05, 0.1) is 6.61 Å². The quantitative estimate of drug-likeness (QED) is 0.256. The summed E-state index contributed by atoms with van der Waals surface area (Å²) < 4.78 is 218. The molecule has 1 N–H and O–H groups in total. The lowest BCUT2D eigenvalue weighted by Crippen LogP contribution is -2.74. The van der Waals surface area contributed by atoms with Crippen molar-refractivity contribution in [1.29, 1.82) is 0 Å². The van der Waals surface area contributed by atoms with Gasteiger partial charge in [-0.3, -0.25) is 0 Å². The van der Waals surface area contributed by atoms with Crippen LogP contribution in [0.1, 0.15) is 0 Å². The highest BCUT2D eigenvalue weighted by Crippen LogP contribution is 2.64. The second-order valence-corrected chi connectivity index (χ2v) is 6.70. The van der Waals surface area contributed by atoms with Crippen molar-refractivity contribution in [3.05, 3.63) is 9.66 Å². The van der Waals surface area contributed by atoms with E-state index < -0.39 is 63.9 Å². The second-order valence-electron chi connectivity index (χ2n) is 5.32. The first-order chi connectivity index (χ1) is 12.7. The number of aliphatic hydroxyl groups is 1. The fourth-order valence-electron chi connectivity index (χ4n) is 1.51. The maximum absolute atomic E-state index is 13.3. The van der Waals surface area contributed by atoms with Crippen LogP contribution in [0.5, 0.6) is 0 Å². The van der Waals surface area contributed by atoms with Crippen molar-refractivity contribution < 1.29 is 79.7 Å². The first-order valence-corrected chi connectivity index (χ1v) is 7.48. The number of aliphatic hydroxyl groups excluding tert-OH is 1. The highest BCUT2D eigenvalue weighted by atomic mass is 127. The first kappa shape index (κ1) is 29.2. The molecule has 0 unspecified atom stereocenters. The summed E-state index contributed by atoms with van der Waals surface area (Å²) in [5.41, 5.74) is 0. The third-order valence-corrected chi connectivity index (χ3v) is 3.89. The van der Waals surface area contributed by atoms with Gasteiger partial charge in [-0.1, -0.05) is 0 Å². The molecule has 0 bridgehead atoms. The van der Waals surface area contributed by atoms with Crippen molar-refractivity contribution in [2.45, 2.75) is 47.6 Å². The standard InChI is InChI=1S/C11H4F17IO/c12-4(13,1-3(29)2-30)5(14,15)6(16,17)7(18,19)8(20,21)9(22,23)10(24,25)11(26,27)28/h1,30H,2H2. The molecule has 0 aromatic heterocycles. The Bertz CT molecular complexity index is 661. The zero-order valence-electron chi connectivity index (χ0n) is 13.0. The first-order valence-electron chi connectivity index (χ1n) is 6.40. The molecule has 0 saturated heterocycles. The van der Waals surface area contributed by atoms with E-state index in [1.54, 1.807) is 0 Å². The topological polar surface area (TPSA) is 20.2 Å². The average molecular weight is 602 g/mol. The molecule has 0 aromatic rings. The van der Waals surface area contributed by atoms with Gasteiger partial charge in [0.25, 0.3) is 0 Å². The van der Waals surface area contributed by atoms with Gasteiger partial charge < -0.3 is 5.11 Å². The van der Waals surface area contributed by atoms with Gasteiger partial charge >= 0.3 is 47.6 Å². The fraction of sp³-hybridized carbons (Fsp3) is 0.818. The van der Waals surface area contributed by atoms with Crippen LogP contribution < -0.4 is 0 Å². The van der Waals surface area contributed by atoms with Crippen molar-refractivity contribution in [2.24, 2.45) is 0 Å². The highest BCUT2D eigenvalue weighted by molar-refractivity contribution is 14.1. The lowest BCUT2D eigenvalue weighted by molar-refractivity contribution is -0.459. The minimum absolute atomic E-state index is 0.541. The van der Waals surface area contributed by atoms with Gasteiger partial charge in [0.2, 0.25) is 0 Å². The van der Waals surface area contributed by atoms with Crippen LogP contribution in [-0.4, -0.2) is 59.3 Å². The molecule has 30 heavy (non-hydrogen) atoms. The van der Waals surface area contributed by atoms with Crippen LogP contribution in [0, 0.1) is 0 Å². The highest BCUT2D eigenvalue weighted by Gasteiger charge is 2.95. The molecule has 0 atom stereocenters. The van der Waals surface area contributed by atoms with Gasteiger partial charge in [0.1, 0.15) is 0 Å². The molecule has 0 fully saturated rings. The van der Waals surface area contributed by atoms with E-state index in [1.807, 2.05) is 0 Å². The van der Waals surface area contributed by atoms with E-state index in [-0.39, 0.29) is 0 Å². The lowest BCUT2D eigenvalue weighted by Gasteiger charge is -2.42. The van der Waals surface area contributed by atoms with E-state index in [4.69, 9.17) is 5.11 Å².